The third-order valence-corrected chi connectivity index (χ3v) is 4.29. The van der Waals surface area contributed by atoms with E-state index in [0.717, 1.165) is 43.4 Å². The highest BCUT2D eigenvalue weighted by atomic mass is 16.2. The number of carbonyl (C=O) groups is 1. The zero-order valence-corrected chi connectivity index (χ0v) is 14.4. The Hall–Kier alpha value is -2.67. The SMILES string of the molecule is CC(N)C(=O)NCc1cccnc1N1CCN(c2ccccn2)CC1. The summed E-state index contributed by atoms with van der Waals surface area (Å²) in [5.74, 6) is 1.77. The molecule has 1 atom stereocenters. The summed E-state index contributed by atoms with van der Waals surface area (Å²) >= 11 is 0. The van der Waals surface area contributed by atoms with Crippen LogP contribution < -0.4 is 20.9 Å². The van der Waals surface area contributed by atoms with E-state index in [1.54, 1.807) is 13.1 Å². The Bertz CT molecular complexity index is 698. The molecule has 0 saturated carbocycles. The minimum atomic E-state index is -0.512. The lowest BCUT2D eigenvalue weighted by Gasteiger charge is -2.36. The third kappa shape index (κ3) is 4.24. The third-order valence-electron chi connectivity index (χ3n) is 4.29. The van der Waals surface area contributed by atoms with E-state index in [2.05, 4.69) is 25.1 Å². The first kappa shape index (κ1) is 17.2. The number of rotatable bonds is 5. The van der Waals surface area contributed by atoms with Crippen molar-refractivity contribution >= 4 is 17.5 Å². The average Bonchev–Trinajstić information content (AvgIpc) is 2.67. The van der Waals surface area contributed by atoms with E-state index >= 15 is 0 Å². The summed E-state index contributed by atoms with van der Waals surface area (Å²) in [7, 11) is 0. The van der Waals surface area contributed by atoms with E-state index in [0.29, 0.717) is 6.54 Å². The Morgan fingerprint density at radius 3 is 2.52 bits per heavy atom. The van der Waals surface area contributed by atoms with Gasteiger partial charge in [0.25, 0.3) is 0 Å². The number of amides is 1. The molecule has 1 fully saturated rings. The summed E-state index contributed by atoms with van der Waals surface area (Å²) in [6.07, 6.45) is 3.61. The molecule has 0 bridgehead atoms. The molecule has 3 rings (SSSR count). The van der Waals surface area contributed by atoms with Crippen LogP contribution in [-0.4, -0.2) is 48.1 Å². The maximum atomic E-state index is 11.7. The maximum Gasteiger partial charge on any atom is 0.236 e. The fourth-order valence-electron chi connectivity index (χ4n) is 2.88. The van der Waals surface area contributed by atoms with Gasteiger partial charge in [0.15, 0.2) is 0 Å². The van der Waals surface area contributed by atoms with Gasteiger partial charge < -0.3 is 20.9 Å². The van der Waals surface area contributed by atoms with Gasteiger partial charge >= 0.3 is 0 Å². The number of piperazine rings is 1. The minimum absolute atomic E-state index is 0.158. The fourth-order valence-corrected chi connectivity index (χ4v) is 2.88. The first-order valence-electron chi connectivity index (χ1n) is 8.53. The molecule has 1 saturated heterocycles. The molecule has 1 aliphatic rings. The van der Waals surface area contributed by atoms with Gasteiger partial charge in [0.05, 0.1) is 6.04 Å². The second kappa shape index (κ2) is 7.94. The van der Waals surface area contributed by atoms with Crippen molar-refractivity contribution in [2.45, 2.75) is 19.5 Å². The van der Waals surface area contributed by atoms with Crippen LogP contribution >= 0.6 is 0 Å². The Morgan fingerprint density at radius 2 is 1.84 bits per heavy atom. The topological polar surface area (TPSA) is 87.4 Å². The highest BCUT2D eigenvalue weighted by Gasteiger charge is 2.21. The second-order valence-electron chi connectivity index (χ2n) is 6.15. The molecule has 0 aliphatic carbocycles. The lowest BCUT2D eigenvalue weighted by Crippen LogP contribution is -2.47. The molecule has 2 aromatic rings. The van der Waals surface area contributed by atoms with Crippen LogP contribution in [0.2, 0.25) is 0 Å². The van der Waals surface area contributed by atoms with Gasteiger partial charge in [-0.05, 0) is 25.1 Å². The Labute approximate surface area is 147 Å². The lowest BCUT2D eigenvalue weighted by molar-refractivity contribution is -0.122. The van der Waals surface area contributed by atoms with Crippen LogP contribution in [0.3, 0.4) is 0 Å². The summed E-state index contributed by atoms with van der Waals surface area (Å²) in [6, 6.07) is 9.34. The highest BCUT2D eigenvalue weighted by molar-refractivity contribution is 5.81. The Balaban J connectivity index is 1.64. The summed E-state index contributed by atoms with van der Waals surface area (Å²) < 4.78 is 0. The molecule has 1 amide bonds. The van der Waals surface area contributed by atoms with Crippen LogP contribution in [0.1, 0.15) is 12.5 Å². The molecule has 1 aliphatic heterocycles. The van der Waals surface area contributed by atoms with E-state index in [9.17, 15) is 4.79 Å². The number of hydrogen-bond acceptors (Lipinski definition) is 6. The van der Waals surface area contributed by atoms with Crippen LogP contribution in [0.5, 0.6) is 0 Å². The summed E-state index contributed by atoms with van der Waals surface area (Å²) in [5, 5.41) is 2.86. The van der Waals surface area contributed by atoms with E-state index < -0.39 is 6.04 Å². The van der Waals surface area contributed by atoms with Crippen LogP contribution in [0.25, 0.3) is 0 Å². The number of aromatic nitrogens is 2. The summed E-state index contributed by atoms with van der Waals surface area (Å²) in [4.78, 5) is 25.2. The predicted octanol–water partition coefficient (Wildman–Crippen LogP) is 0.767. The van der Waals surface area contributed by atoms with Gasteiger partial charge in [0.1, 0.15) is 11.6 Å². The smallest absolute Gasteiger partial charge is 0.236 e. The molecular weight excluding hydrogens is 316 g/mol. The molecule has 3 N–H and O–H groups in total. The van der Waals surface area contributed by atoms with E-state index in [1.165, 1.54) is 0 Å². The molecule has 7 heteroatoms. The first-order chi connectivity index (χ1) is 12.1. The number of carbonyl (C=O) groups excluding carboxylic acids is 1. The molecule has 132 valence electrons. The van der Waals surface area contributed by atoms with E-state index in [1.807, 2.05) is 36.5 Å². The number of pyridine rings is 2. The van der Waals surface area contributed by atoms with Crippen molar-refractivity contribution in [2.75, 3.05) is 36.0 Å². The van der Waals surface area contributed by atoms with Crippen molar-refractivity contribution in [3.8, 4) is 0 Å². The van der Waals surface area contributed by atoms with Crippen LogP contribution in [-0.2, 0) is 11.3 Å². The van der Waals surface area contributed by atoms with Crippen molar-refractivity contribution in [3.63, 3.8) is 0 Å². The average molecular weight is 340 g/mol. The lowest BCUT2D eigenvalue weighted by atomic mass is 10.2. The van der Waals surface area contributed by atoms with Gasteiger partial charge in [-0.15, -0.1) is 0 Å². The fraction of sp³-hybridized carbons (Fsp3) is 0.389. The molecule has 7 nitrogen and oxygen atoms in total. The van der Waals surface area contributed by atoms with Crippen molar-refractivity contribution in [3.05, 3.63) is 48.3 Å². The van der Waals surface area contributed by atoms with Crippen molar-refractivity contribution in [1.82, 2.24) is 15.3 Å². The Kier molecular flexibility index (Phi) is 5.45. The molecule has 25 heavy (non-hydrogen) atoms. The van der Waals surface area contributed by atoms with Gasteiger partial charge in [-0.2, -0.15) is 0 Å². The Morgan fingerprint density at radius 1 is 1.12 bits per heavy atom. The molecule has 1 unspecified atom stereocenters. The number of hydrogen-bond donors (Lipinski definition) is 2. The molecule has 0 aromatic carbocycles. The monoisotopic (exact) mass is 340 g/mol. The standard InChI is InChI=1S/C18H24N6O/c1-14(19)18(25)22-13-15-5-4-8-21-17(15)24-11-9-23(10-12-24)16-6-2-3-7-20-16/h2-8,14H,9-13,19H2,1H3,(H,22,25). The highest BCUT2D eigenvalue weighted by Crippen LogP contribution is 2.20. The molecule has 2 aromatic heterocycles. The number of nitrogens with two attached hydrogens (primary N) is 1. The quantitative estimate of drug-likeness (QED) is 0.836. The van der Waals surface area contributed by atoms with Crippen LogP contribution in [0.15, 0.2) is 42.7 Å². The van der Waals surface area contributed by atoms with Gasteiger partial charge in [-0.1, -0.05) is 12.1 Å². The van der Waals surface area contributed by atoms with Gasteiger partial charge in [0, 0.05) is 50.7 Å². The van der Waals surface area contributed by atoms with Crippen LogP contribution in [0, 0.1) is 0 Å². The molecule has 0 spiro atoms. The summed E-state index contributed by atoms with van der Waals surface area (Å²) in [5.41, 5.74) is 6.60. The molecule has 3 heterocycles. The maximum absolute atomic E-state index is 11.7. The van der Waals surface area contributed by atoms with Gasteiger partial charge in [-0.3, -0.25) is 4.79 Å². The zero-order valence-electron chi connectivity index (χ0n) is 14.4. The molecular formula is C18H24N6O. The number of nitrogens with zero attached hydrogens (tertiary/aromatic N) is 4. The predicted molar refractivity (Wildman–Crippen MR) is 98.4 cm³/mol. The van der Waals surface area contributed by atoms with Crippen LogP contribution in [0.4, 0.5) is 11.6 Å². The van der Waals surface area contributed by atoms with Crippen molar-refractivity contribution in [2.24, 2.45) is 5.73 Å². The summed E-state index contributed by atoms with van der Waals surface area (Å²) in [6.45, 7) is 5.61. The van der Waals surface area contributed by atoms with Gasteiger partial charge in [0.2, 0.25) is 5.91 Å². The van der Waals surface area contributed by atoms with E-state index in [4.69, 9.17) is 5.73 Å². The normalized spacial score (nSPS) is 15.8. The van der Waals surface area contributed by atoms with Crippen molar-refractivity contribution in [1.29, 1.82) is 0 Å². The largest absolute Gasteiger partial charge is 0.353 e. The first-order valence-corrected chi connectivity index (χ1v) is 8.53. The van der Waals surface area contributed by atoms with Crippen molar-refractivity contribution < 1.29 is 4.79 Å². The van der Waals surface area contributed by atoms with Gasteiger partial charge in [-0.25, -0.2) is 9.97 Å². The molecule has 0 radical (unpaired) electrons. The number of anilines is 2. The minimum Gasteiger partial charge on any atom is -0.353 e. The van der Waals surface area contributed by atoms with E-state index in [-0.39, 0.29) is 5.91 Å². The zero-order chi connectivity index (χ0) is 17.6. The second-order valence-corrected chi connectivity index (χ2v) is 6.15. The number of nitrogens with one attached hydrogen (secondary N) is 1.